The maximum atomic E-state index is 5.76. The van der Waals surface area contributed by atoms with Crippen molar-refractivity contribution >= 4 is 11.5 Å². The van der Waals surface area contributed by atoms with E-state index < -0.39 is 0 Å². The Morgan fingerprint density at radius 2 is 2.36 bits per heavy atom. The van der Waals surface area contributed by atoms with Crippen LogP contribution in [0.3, 0.4) is 0 Å². The van der Waals surface area contributed by atoms with Crippen LogP contribution in [0.4, 0.5) is 0 Å². The van der Waals surface area contributed by atoms with Crippen molar-refractivity contribution < 1.29 is 4.74 Å². The molecule has 2 N–H and O–H groups in total. The predicted octanol–water partition coefficient (Wildman–Crippen LogP) is 1.43. The molecular weight excluding hydrogens is 198 g/mol. The van der Waals surface area contributed by atoms with Crippen LogP contribution < -0.4 is 10.5 Å². The molecule has 78 valence electrons. The number of rotatable bonds is 3. The van der Waals surface area contributed by atoms with Gasteiger partial charge in [-0.2, -0.15) is 9.36 Å². The average Bonchev–Trinajstić information content (AvgIpc) is 2.71. The Hall–Kier alpha value is -0.680. The van der Waals surface area contributed by atoms with Crippen molar-refractivity contribution in [3.63, 3.8) is 0 Å². The van der Waals surface area contributed by atoms with Gasteiger partial charge in [-0.25, -0.2) is 0 Å². The summed E-state index contributed by atoms with van der Waals surface area (Å²) >= 11 is 1.30. The van der Waals surface area contributed by atoms with Gasteiger partial charge in [-0.05, 0) is 25.8 Å². The Bertz CT molecular complexity index is 265. The van der Waals surface area contributed by atoms with Gasteiger partial charge in [-0.3, -0.25) is 0 Å². The van der Waals surface area contributed by atoms with Crippen LogP contribution in [-0.4, -0.2) is 22.0 Å². The van der Waals surface area contributed by atoms with Gasteiger partial charge in [-0.15, -0.1) is 0 Å². The normalized spacial score (nSPS) is 27.5. The molecule has 2 rings (SSSR count). The van der Waals surface area contributed by atoms with E-state index in [1.54, 1.807) is 0 Å². The third-order valence-corrected chi connectivity index (χ3v) is 3.29. The van der Waals surface area contributed by atoms with Crippen molar-refractivity contribution in [2.24, 2.45) is 11.7 Å². The molecule has 2 unspecified atom stereocenters. The fourth-order valence-electron chi connectivity index (χ4n) is 1.94. The second-order valence-corrected chi connectivity index (χ2v) is 4.39. The third-order valence-electron chi connectivity index (χ3n) is 2.74. The Labute approximate surface area is 87.7 Å². The summed E-state index contributed by atoms with van der Waals surface area (Å²) in [6, 6.07) is 0. The van der Waals surface area contributed by atoms with Gasteiger partial charge < -0.3 is 10.5 Å². The lowest BCUT2D eigenvalue weighted by Crippen LogP contribution is -2.35. The topological polar surface area (TPSA) is 61.0 Å². The smallest absolute Gasteiger partial charge is 0.293 e. The second kappa shape index (κ2) is 4.70. The summed E-state index contributed by atoms with van der Waals surface area (Å²) in [5, 5.41) is 0.676. The molecule has 14 heavy (non-hydrogen) atoms. The van der Waals surface area contributed by atoms with Crippen LogP contribution in [-0.2, 0) is 0 Å². The molecule has 1 saturated carbocycles. The SMILES string of the molecule is NCC1CCCCC1Oc1ncns1. The molecule has 0 amide bonds. The summed E-state index contributed by atoms with van der Waals surface area (Å²) in [5.41, 5.74) is 5.71. The summed E-state index contributed by atoms with van der Waals surface area (Å²) in [6.07, 6.45) is 6.57. The Kier molecular flexibility index (Phi) is 3.31. The van der Waals surface area contributed by atoms with Gasteiger partial charge in [-0.1, -0.05) is 6.42 Å². The third kappa shape index (κ3) is 2.22. The molecule has 0 saturated heterocycles. The minimum Gasteiger partial charge on any atom is -0.465 e. The first kappa shape index (κ1) is 9.86. The molecule has 1 aliphatic rings. The first-order valence-electron chi connectivity index (χ1n) is 5.03. The molecule has 5 heteroatoms. The Morgan fingerprint density at radius 3 is 3.07 bits per heavy atom. The van der Waals surface area contributed by atoms with Gasteiger partial charge in [0.1, 0.15) is 12.4 Å². The van der Waals surface area contributed by atoms with Crippen LogP contribution in [0, 0.1) is 5.92 Å². The molecule has 2 atom stereocenters. The fourth-order valence-corrected chi connectivity index (χ4v) is 2.39. The summed E-state index contributed by atoms with van der Waals surface area (Å²) in [5.74, 6) is 0.493. The molecule has 1 heterocycles. The molecule has 4 nitrogen and oxygen atoms in total. The van der Waals surface area contributed by atoms with Gasteiger partial charge in [0, 0.05) is 17.5 Å². The highest BCUT2D eigenvalue weighted by Crippen LogP contribution is 2.27. The number of hydrogen-bond donors (Lipinski definition) is 1. The Balaban J connectivity index is 1.94. The van der Waals surface area contributed by atoms with Gasteiger partial charge in [0.15, 0.2) is 0 Å². The van der Waals surface area contributed by atoms with E-state index in [9.17, 15) is 0 Å². The van der Waals surface area contributed by atoms with Crippen LogP contribution in [0.15, 0.2) is 6.33 Å². The fraction of sp³-hybridized carbons (Fsp3) is 0.778. The molecule has 1 aromatic rings. The molecule has 0 aliphatic heterocycles. The van der Waals surface area contributed by atoms with E-state index in [2.05, 4.69) is 9.36 Å². The molecule has 1 aromatic heterocycles. The molecule has 0 aromatic carbocycles. The van der Waals surface area contributed by atoms with Crippen LogP contribution in [0.25, 0.3) is 0 Å². The van der Waals surface area contributed by atoms with Crippen LogP contribution in [0.1, 0.15) is 25.7 Å². The average molecular weight is 213 g/mol. The Morgan fingerprint density at radius 1 is 1.50 bits per heavy atom. The lowest BCUT2D eigenvalue weighted by molar-refractivity contribution is 0.0967. The van der Waals surface area contributed by atoms with Crippen LogP contribution >= 0.6 is 11.5 Å². The van der Waals surface area contributed by atoms with Crippen LogP contribution in [0.2, 0.25) is 0 Å². The first-order valence-corrected chi connectivity index (χ1v) is 5.81. The molecule has 0 bridgehead atoms. The van der Waals surface area contributed by atoms with Crippen molar-refractivity contribution in [2.75, 3.05) is 6.54 Å². The number of nitrogens with zero attached hydrogens (tertiary/aromatic N) is 2. The van der Waals surface area contributed by atoms with Gasteiger partial charge in [0.25, 0.3) is 5.19 Å². The molecule has 0 spiro atoms. The van der Waals surface area contributed by atoms with Crippen molar-refractivity contribution in [1.29, 1.82) is 0 Å². The quantitative estimate of drug-likeness (QED) is 0.825. The van der Waals surface area contributed by atoms with E-state index in [0.717, 1.165) is 6.42 Å². The molecule has 1 fully saturated rings. The molecule has 0 radical (unpaired) electrons. The van der Waals surface area contributed by atoms with Crippen molar-refractivity contribution in [3.8, 4) is 5.19 Å². The lowest BCUT2D eigenvalue weighted by Gasteiger charge is -2.29. The van der Waals surface area contributed by atoms with E-state index in [1.807, 2.05) is 0 Å². The zero-order chi connectivity index (χ0) is 9.80. The van der Waals surface area contributed by atoms with Gasteiger partial charge >= 0.3 is 0 Å². The maximum Gasteiger partial charge on any atom is 0.293 e. The number of aromatic nitrogens is 2. The largest absolute Gasteiger partial charge is 0.465 e. The summed E-state index contributed by atoms with van der Waals surface area (Å²) < 4.78 is 9.68. The zero-order valence-electron chi connectivity index (χ0n) is 8.06. The first-order chi connectivity index (χ1) is 6.90. The minimum absolute atomic E-state index is 0.252. The number of nitrogens with two attached hydrogens (primary N) is 1. The molecular formula is C9H15N3OS. The minimum atomic E-state index is 0.252. The number of ether oxygens (including phenoxy) is 1. The van der Waals surface area contributed by atoms with E-state index >= 15 is 0 Å². The highest BCUT2D eigenvalue weighted by molar-refractivity contribution is 7.07. The highest BCUT2D eigenvalue weighted by Gasteiger charge is 2.26. The number of hydrogen-bond acceptors (Lipinski definition) is 5. The summed E-state index contributed by atoms with van der Waals surface area (Å²) in [6.45, 7) is 0.712. The lowest BCUT2D eigenvalue weighted by atomic mass is 9.86. The summed E-state index contributed by atoms with van der Waals surface area (Å²) in [7, 11) is 0. The van der Waals surface area contributed by atoms with Crippen molar-refractivity contribution in [2.45, 2.75) is 31.8 Å². The van der Waals surface area contributed by atoms with E-state index in [-0.39, 0.29) is 6.10 Å². The maximum absolute atomic E-state index is 5.76. The van der Waals surface area contributed by atoms with Crippen LogP contribution in [0.5, 0.6) is 5.19 Å². The van der Waals surface area contributed by atoms with E-state index in [1.165, 1.54) is 37.1 Å². The summed E-state index contributed by atoms with van der Waals surface area (Å²) in [4.78, 5) is 4.02. The monoisotopic (exact) mass is 213 g/mol. The second-order valence-electron chi connectivity index (χ2n) is 3.64. The zero-order valence-corrected chi connectivity index (χ0v) is 8.87. The molecule has 1 aliphatic carbocycles. The van der Waals surface area contributed by atoms with Crippen molar-refractivity contribution in [1.82, 2.24) is 9.36 Å². The highest BCUT2D eigenvalue weighted by atomic mass is 32.1. The van der Waals surface area contributed by atoms with Gasteiger partial charge in [0.05, 0.1) is 0 Å². The van der Waals surface area contributed by atoms with E-state index in [4.69, 9.17) is 10.5 Å². The standard InChI is InChI=1S/C9H15N3OS/c10-5-7-3-1-2-4-8(7)13-9-11-6-12-14-9/h6-8H,1-5,10H2. The van der Waals surface area contributed by atoms with E-state index in [0.29, 0.717) is 17.7 Å². The van der Waals surface area contributed by atoms with Gasteiger partial charge in [0.2, 0.25) is 0 Å². The van der Waals surface area contributed by atoms with Crippen molar-refractivity contribution in [3.05, 3.63) is 6.33 Å². The predicted molar refractivity (Wildman–Crippen MR) is 55.3 cm³/mol.